The van der Waals surface area contributed by atoms with Crippen LogP contribution in [-0.4, -0.2) is 76.6 Å². The van der Waals surface area contributed by atoms with Gasteiger partial charge in [-0.15, -0.1) is 0 Å². The highest BCUT2D eigenvalue weighted by Crippen LogP contribution is 2.40. The minimum absolute atomic E-state index is 0.0300. The third kappa shape index (κ3) is 3.37. The van der Waals surface area contributed by atoms with Crippen LogP contribution in [0, 0.1) is 0 Å². The van der Waals surface area contributed by atoms with E-state index in [0.717, 1.165) is 12.1 Å². The van der Waals surface area contributed by atoms with Crippen molar-refractivity contribution in [3.05, 3.63) is 17.7 Å². The number of carboxylic acids is 1. The van der Waals surface area contributed by atoms with E-state index >= 15 is 0 Å². The Morgan fingerprint density at radius 2 is 1.54 bits per heavy atom. The van der Waals surface area contributed by atoms with Crippen molar-refractivity contribution in [2.75, 3.05) is 14.2 Å². The monoisotopic (exact) mass is 346 g/mol. The summed E-state index contributed by atoms with van der Waals surface area (Å²) in [5.74, 6) is -1.39. The lowest BCUT2D eigenvalue weighted by Crippen LogP contribution is -2.59. The molecule has 2 rings (SSSR count). The number of benzene rings is 1. The second kappa shape index (κ2) is 7.20. The summed E-state index contributed by atoms with van der Waals surface area (Å²) < 4.78 is 20.4. The Labute approximate surface area is 136 Å². The highest BCUT2D eigenvalue weighted by Gasteiger charge is 2.45. The molecule has 0 aliphatic carbocycles. The molecule has 1 aromatic rings. The summed E-state index contributed by atoms with van der Waals surface area (Å²) in [6.45, 7) is 0. The van der Waals surface area contributed by atoms with Crippen LogP contribution in [0.3, 0.4) is 0 Å². The summed E-state index contributed by atoms with van der Waals surface area (Å²) in [5.41, 5.74) is -0.128. The van der Waals surface area contributed by atoms with Crippen molar-refractivity contribution in [2.45, 2.75) is 30.9 Å². The zero-order valence-corrected chi connectivity index (χ0v) is 12.8. The largest absolute Gasteiger partial charge is 0.493 e. The average molecular weight is 346 g/mol. The predicted molar refractivity (Wildman–Crippen MR) is 76.0 cm³/mol. The maximum atomic E-state index is 11.1. The van der Waals surface area contributed by atoms with Crippen LogP contribution in [0.2, 0.25) is 0 Å². The maximum absolute atomic E-state index is 11.1. The van der Waals surface area contributed by atoms with Crippen molar-refractivity contribution in [3.63, 3.8) is 0 Å². The standard InChI is InChI=1S/C14H18O10/c1-21-6-3-5(12(18)19)4-7(22-2)11(6)23-14-10(17)8(15)9(16)13(20)24-14/h3-4,8-10,13-17,20H,1-2H3,(H,18,19). The van der Waals surface area contributed by atoms with Crippen LogP contribution in [-0.2, 0) is 4.74 Å². The van der Waals surface area contributed by atoms with E-state index < -0.39 is 36.9 Å². The summed E-state index contributed by atoms with van der Waals surface area (Å²) in [5, 5.41) is 47.6. The van der Waals surface area contributed by atoms with Gasteiger partial charge in [0.15, 0.2) is 17.8 Å². The predicted octanol–water partition coefficient (Wildman–Crippen LogP) is -1.46. The van der Waals surface area contributed by atoms with Crippen molar-refractivity contribution in [2.24, 2.45) is 0 Å². The number of ether oxygens (including phenoxy) is 4. The molecular weight excluding hydrogens is 328 g/mol. The van der Waals surface area contributed by atoms with Gasteiger partial charge in [0, 0.05) is 0 Å². The molecule has 0 aromatic heterocycles. The van der Waals surface area contributed by atoms with E-state index in [4.69, 9.17) is 24.1 Å². The van der Waals surface area contributed by atoms with Crippen LogP contribution in [0.5, 0.6) is 17.2 Å². The fraction of sp³-hybridized carbons (Fsp3) is 0.500. The topological polar surface area (TPSA) is 155 Å². The number of carboxylic acid groups (broad SMARTS) is 1. The Morgan fingerprint density at radius 1 is 1.00 bits per heavy atom. The number of carbonyl (C=O) groups is 1. The quantitative estimate of drug-likeness (QED) is 0.427. The van der Waals surface area contributed by atoms with Crippen molar-refractivity contribution >= 4 is 5.97 Å². The molecular formula is C14H18O10. The summed E-state index contributed by atoms with van der Waals surface area (Å²) in [6.07, 6.45) is -8.45. The summed E-state index contributed by atoms with van der Waals surface area (Å²) in [7, 11) is 2.53. The molecule has 0 amide bonds. The molecule has 0 radical (unpaired) electrons. The highest BCUT2D eigenvalue weighted by atomic mass is 16.7. The molecule has 10 nitrogen and oxygen atoms in total. The van der Waals surface area contributed by atoms with Crippen LogP contribution >= 0.6 is 0 Å². The molecule has 1 fully saturated rings. The van der Waals surface area contributed by atoms with E-state index in [9.17, 15) is 25.2 Å². The number of aromatic carboxylic acids is 1. The number of methoxy groups -OCH3 is 2. The first-order chi connectivity index (χ1) is 11.3. The van der Waals surface area contributed by atoms with Crippen LogP contribution in [0.25, 0.3) is 0 Å². The average Bonchev–Trinajstić information content (AvgIpc) is 2.57. The van der Waals surface area contributed by atoms with Gasteiger partial charge in [-0.3, -0.25) is 0 Å². The van der Waals surface area contributed by atoms with Crippen LogP contribution in [0.4, 0.5) is 0 Å². The second-order valence-electron chi connectivity index (χ2n) is 5.00. The van der Waals surface area contributed by atoms with Gasteiger partial charge in [0.05, 0.1) is 19.8 Å². The number of hydrogen-bond acceptors (Lipinski definition) is 9. The zero-order valence-electron chi connectivity index (χ0n) is 12.8. The molecule has 24 heavy (non-hydrogen) atoms. The van der Waals surface area contributed by atoms with E-state index in [2.05, 4.69) is 0 Å². The normalized spacial score (nSPS) is 29.8. The van der Waals surface area contributed by atoms with Gasteiger partial charge in [-0.2, -0.15) is 0 Å². The Morgan fingerprint density at radius 3 is 2.00 bits per heavy atom. The van der Waals surface area contributed by atoms with Crippen molar-refractivity contribution < 1.29 is 49.3 Å². The van der Waals surface area contributed by atoms with E-state index in [1.54, 1.807) is 0 Å². The van der Waals surface area contributed by atoms with Gasteiger partial charge < -0.3 is 44.5 Å². The van der Waals surface area contributed by atoms with Gasteiger partial charge in [-0.25, -0.2) is 4.79 Å². The van der Waals surface area contributed by atoms with E-state index in [0.29, 0.717) is 0 Å². The fourth-order valence-corrected chi connectivity index (χ4v) is 2.16. The Hall–Kier alpha value is -2.11. The molecule has 0 saturated carbocycles. The second-order valence-corrected chi connectivity index (χ2v) is 5.00. The summed E-state index contributed by atoms with van der Waals surface area (Å²) >= 11 is 0. The molecule has 1 aliphatic rings. The molecule has 1 aromatic carbocycles. The number of hydrogen-bond donors (Lipinski definition) is 5. The van der Waals surface area contributed by atoms with Crippen LogP contribution in [0.15, 0.2) is 12.1 Å². The van der Waals surface area contributed by atoms with Gasteiger partial charge >= 0.3 is 5.97 Å². The minimum Gasteiger partial charge on any atom is -0.493 e. The Bertz CT molecular complexity index is 578. The van der Waals surface area contributed by atoms with Gasteiger partial charge in [-0.1, -0.05) is 0 Å². The zero-order chi connectivity index (χ0) is 18.0. The molecule has 134 valence electrons. The smallest absolute Gasteiger partial charge is 0.335 e. The minimum atomic E-state index is -1.79. The first-order valence-corrected chi connectivity index (χ1v) is 6.83. The van der Waals surface area contributed by atoms with Crippen molar-refractivity contribution in [1.29, 1.82) is 0 Å². The fourth-order valence-electron chi connectivity index (χ4n) is 2.16. The van der Waals surface area contributed by atoms with Gasteiger partial charge in [-0.05, 0) is 12.1 Å². The highest BCUT2D eigenvalue weighted by molar-refractivity contribution is 5.89. The van der Waals surface area contributed by atoms with Gasteiger partial charge in [0.1, 0.15) is 18.3 Å². The molecule has 5 N–H and O–H groups in total. The summed E-state index contributed by atoms with van der Waals surface area (Å²) in [6, 6.07) is 2.33. The molecule has 1 heterocycles. The Balaban J connectivity index is 2.36. The molecule has 5 unspecified atom stereocenters. The first-order valence-electron chi connectivity index (χ1n) is 6.83. The maximum Gasteiger partial charge on any atom is 0.335 e. The number of aliphatic hydroxyl groups is 4. The lowest BCUT2D eigenvalue weighted by Gasteiger charge is -2.38. The third-order valence-electron chi connectivity index (χ3n) is 3.49. The van der Waals surface area contributed by atoms with Gasteiger partial charge in [0.25, 0.3) is 0 Å². The van der Waals surface area contributed by atoms with Crippen molar-refractivity contribution in [3.8, 4) is 17.2 Å². The first kappa shape index (κ1) is 18.2. The van der Waals surface area contributed by atoms with Crippen molar-refractivity contribution in [1.82, 2.24) is 0 Å². The lowest BCUT2D eigenvalue weighted by molar-refractivity contribution is -0.321. The van der Waals surface area contributed by atoms with E-state index in [1.807, 2.05) is 0 Å². The Kier molecular flexibility index (Phi) is 5.47. The van der Waals surface area contributed by atoms with Crippen LogP contribution < -0.4 is 14.2 Å². The van der Waals surface area contributed by atoms with E-state index in [1.165, 1.54) is 14.2 Å². The van der Waals surface area contributed by atoms with E-state index in [-0.39, 0.29) is 22.8 Å². The molecule has 0 bridgehead atoms. The number of aliphatic hydroxyl groups excluding tert-OH is 4. The molecule has 1 aliphatic heterocycles. The summed E-state index contributed by atoms with van der Waals surface area (Å²) in [4.78, 5) is 11.1. The number of rotatable bonds is 5. The lowest BCUT2D eigenvalue weighted by atomic mass is 10.0. The van der Waals surface area contributed by atoms with Crippen LogP contribution in [0.1, 0.15) is 10.4 Å². The molecule has 0 spiro atoms. The van der Waals surface area contributed by atoms with Gasteiger partial charge in [0.2, 0.25) is 12.0 Å². The SMILES string of the molecule is COc1cc(C(=O)O)cc(OC)c1OC1OC(O)C(O)C(O)C1O. The third-order valence-corrected chi connectivity index (χ3v) is 3.49. The molecule has 10 heteroatoms. The molecule has 5 atom stereocenters. The molecule has 1 saturated heterocycles.